The minimum absolute atomic E-state index is 0.138. The molecule has 1 saturated heterocycles. The van der Waals surface area contributed by atoms with Gasteiger partial charge in [-0.05, 0) is 0 Å². The number of carbonyl (C=O) groups is 4. The molecule has 0 aromatic heterocycles. The third-order valence-corrected chi connectivity index (χ3v) is 5.96. The van der Waals surface area contributed by atoms with Crippen molar-refractivity contribution in [2.45, 2.75) is 29.9 Å². The molecule has 1 unspecified atom stereocenters. The van der Waals surface area contributed by atoms with E-state index < -0.39 is 46.8 Å². The minimum Gasteiger partial charge on any atom is -0.481 e. The van der Waals surface area contributed by atoms with E-state index in [4.69, 9.17) is 10.5 Å². The van der Waals surface area contributed by atoms with Crippen LogP contribution in [-0.4, -0.2) is 80.3 Å². The first-order valence-electron chi connectivity index (χ1n) is 7.77. The van der Waals surface area contributed by atoms with Crippen molar-refractivity contribution >= 4 is 48.0 Å². The Balaban J connectivity index is 1.98. The Labute approximate surface area is 157 Å². The Hall–Kier alpha value is -2.73. The zero-order valence-corrected chi connectivity index (χ0v) is 14.9. The second-order valence-electron chi connectivity index (χ2n) is 6.19. The molecule has 2 atom stereocenters. The van der Waals surface area contributed by atoms with Crippen molar-refractivity contribution in [2.75, 3.05) is 12.4 Å². The highest BCUT2D eigenvalue weighted by Gasteiger charge is 2.72. The number of nitrogens with two attached hydrogens (primary N) is 1. The largest absolute Gasteiger partial charge is 0.481 e. The summed E-state index contributed by atoms with van der Waals surface area (Å²) < 4.78 is 4.86. The molecule has 12 heteroatoms. The first kappa shape index (κ1) is 19.0. The molecule has 1 amide bonds. The summed E-state index contributed by atoms with van der Waals surface area (Å²) in [5.41, 5.74) is 2.70. The number of β-lactam (4-membered cyclic amide) rings is 1. The number of hydrogen-bond donors (Lipinski definition) is 3. The zero-order valence-electron chi connectivity index (χ0n) is 14.1. The van der Waals surface area contributed by atoms with E-state index in [2.05, 4.69) is 9.98 Å². The van der Waals surface area contributed by atoms with Gasteiger partial charge < -0.3 is 20.7 Å². The van der Waals surface area contributed by atoms with Crippen LogP contribution in [0, 0.1) is 0 Å². The zero-order chi connectivity index (χ0) is 20.0. The highest BCUT2D eigenvalue weighted by molar-refractivity contribution is 8.00. The predicted octanol–water partition coefficient (Wildman–Crippen LogP) is -1.17. The van der Waals surface area contributed by atoms with E-state index in [1.807, 2.05) is 0 Å². The molecule has 0 radical (unpaired) electrons. The van der Waals surface area contributed by atoms with Gasteiger partial charge in [0.15, 0.2) is 11.2 Å². The molecule has 11 nitrogen and oxygen atoms in total. The van der Waals surface area contributed by atoms with Crippen molar-refractivity contribution in [3.63, 3.8) is 0 Å². The van der Waals surface area contributed by atoms with Gasteiger partial charge in [0.05, 0.1) is 6.42 Å². The number of carboxylic acids is 2. The van der Waals surface area contributed by atoms with Gasteiger partial charge in [0.2, 0.25) is 0 Å². The lowest BCUT2D eigenvalue weighted by atomic mass is 9.74. The SMILES string of the molecule is CC(=O)OCC1=C(C(=O)O)N2C(=O)C(N)(C3(CC(=O)O)N=CC=N3)[C@@H]2SC1. The molecule has 0 aromatic carbocycles. The molecular weight excluding hydrogens is 380 g/mol. The minimum atomic E-state index is -1.81. The number of thioether (sulfide) groups is 1. The van der Waals surface area contributed by atoms with Crippen molar-refractivity contribution in [2.24, 2.45) is 15.7 Å². The highest BCUT2D eigenvalue weighted by Crippen LogP contribution is 2.52. The summed E-state index contributed by atoms with van der Waals surface area (Å²) in [5, 5.41) is 17.9. The highest BCUT2D eigenvalue weighted by atomic mass is 32.2. The first-order chi connectivity index (χ1) is 12.6. The summed E-state index contributed by atoms with van der Waals surface area (Å²) in [6.07, 6.45) is 1.92. The van der Waals surface area contributed by atoms with Gasteiger partial charge in [0.1, 0.15) is 17.7 Å². The molecule has 0 bridgehead atoms. The second kappa shape index (κ2) is 6.46. The van der Waals surface area contributed by atoms with Crippen LogP contribution < -0.4 is 5.73 Å². The molecule has 3 aliphatic rings. The number of carbonyl (C=O) groups excluding carboxylic acids is 2. The Morgan fingerprint density at radius 3 is 2.52 bits per heavy atom. The summed E-state index contributed by atoms with van der Waals surface area (Å²) in [6, 6.07) is 0. The molecule has 3 heterocycles. The average Bonchev–Trinajstić information content (AvgIpc) is 3.06. The maximum absolute atomic E-state index is 12.9. The number of aliphatic carboxylic acids is 2. The third-order valence-electron chi connectivity index (χ3n) is 4.54. The third kappa shape index (κ3) is 2.72. The Bertz CT molecular complexity index is 824. The number of hydrogen-bond acceptors (Lipinski definition) is 9. The maximum Gasteiger partial charge on any atom is 0.352 e. The number of fused-ring (bicyclic) bond motifs is 1. The van der Waals surface area contributed by atoms with E-state index in [1.54, 1.807) is 0 Å². The molecule has 144 valence electrons. The fourth-order valence-corrected chi connectivity index (χ4v) is 4.80. The Morgan fingerprint density at radius 1 is 1.37 bits per heavy atom. The number of esters is 1. The number of nitrogens with zero attached hydrogens (tertiary/aromatic N) is 3. The smallest absolute Gasteiger partial charge is 0.352 e. The molecule has 0 spiro atoms. The summed E-state index contributed by atoms with van der Waals surface area (Å²) >= 11 is 1.14. The van der Waals surface area contributed by atoms with Gasteiger partial charge in [-0.3, -0.25) is 29.3 Å². The number of ether oxygens (including phenoxy) is 1. The van der Waals surface area contributed by atoms with Crippen LogP contribution in [0.15, 0.2) is 21.3 Å². The van der Waals surface area contributed by atoms with E-state index >= 15 is 0 Å². The average molecular weight is 396 g/mol. The monoisotopic (exact) mass is 396 g/mol. The Morgan fingerprint density at radius 2 is 2.00 bits per heavy atom. The molecule has 27 heavy (non-hydrogen) atoms. The summed E-state index contributed by atoms with van der Waals surface area (Å²) in [4.78, 5) is 56.1. The fraction of sp³-hybridized carbons (Fsp3) is 0.467. The van der Waals surface area contributed by atoms with Crippen molar-refractivity contribution < 1.29 is 34.1 Å². The van der Waals surface area contributed by atoms with E-state index in [0.29, 0.717) is 0 Å². The van der Waals surface area contributed by atoms with E-state index in [-0.39, 0.29) is 23.6 Å². The summed E-state index contributed by atoms with van der Waals surface area (Å²) in [7, 11) is 0. The lowest BCUT2D eigenvalue weighted by Crippen LogP contribution is -2.85. The van der Waals surface area contributed by atoms with Crippen LogP contribution in [0.4, 0.5) is 0 Å². The van der Waals surface area contributed by atoms with Crippen molar-refractivity contribution in [3.8, 4) is 0 Å². The predicted molar refractivity (Wildman–Crippen MR) is 93.3 cm³/mol. The van der Waals surface area contributed by atoms with E-state index in [0.717, 1.165) is 16.7 Å². The molecule has 0 aromatic rings. The number of amides is 1. The van der Waals surface area contributed by atoms with Gasteiger partial charge in [-0.15, -0.1) is 11.8 Å². The van der Waals surface area contributed by atoms with Gasteiger partial charge in [0.25, 0.3) is 5.91 Å². The molecule has 3 rings (SSSR count). The number of rotatable bonds is 6. The molecule has 4 N–H and O–H groups in total. The second-order valence-corrected chi connectivity index (χ2v) is 7.26. The normalized spacial score (nSPS) is 28.0. The Kier molecular flexibility index (Phi) is 4.56. The first-order valence-corrected chi connectivity index (χ1v) is 8.82. The van der Waals surface area contributed by atoms with Gasteiger partial charge in [-0.1, -0.05) is 0 Å². The van der Waals surface area contributed by atoms with Gasteiger partial charge >= 0.3 is 17.9 Å². The molecule has 0 aliphatic carbocycles. The fourth-order valence-electron chi connectivity index (χ4n) is 3.32. The van der Waals surface area contributed by atoms with Crippen molar-refractivity contribution in [1.82, 2.24) is 4.90 Å². The maximum atomic E-state index is 12.9. The summed E-state index contributed by atoms with van der Waals surface area (Å²) in [5.74, 6) is -3.86. The van der Waals surface area contributed by atoms with Crippen LogP contribution in [0.2, 0.25) is 0 Å². The summed E-state index contributed by atoms with van der Waals surface area (Å²) in [6.45, 7) is 0.917. The van der Waals surface area contributed by atoms with Crippen LogP contribution in [0.25, 0.3) is 0 Å². The van der Waals surface area contributed by atoms with E-state index in [9.17, 15) is 29.4 Å². The quantitative estimate of drug-likeness (QED) is 0.369. The van der Waals surface area contributed by atoms with Gasteiger partial charge in [-0.2, -0.15) is 0 Å². The van der Waals surface area contributed by atoms with Gasteiger partial charge in [0, 0.05) is 30.7 Å². The van der Waals surface area contributed by atoms with Gasteiger partial charge in [-0.25, -0.2) is 4.79 Å². The standard InChI is InChI=1S/C15H16N4O7S/c1-7(20)26-5-8-6-27-13-15(16,12(25)19(13)10(8)11(23)24)14(4-9(21)22)17-2-3-18-14/h2-3,13H,4-6,16H2,1H3,(H,21,22)(H,23,24)/t13-,15?/m0/s1. The molecule has 0 saturated carbocycles. The molecular formula is C15H16N4O7S. The number of aliphatic imine (C=N–C) groups is 2. The van der Waals surface area contributed by atoms with E-state index in [1.165, 1.54) is 19.4 Å². The lowest BCUT2D eigenvalue weighted by molar-refractivity contribution is -0.160. The topological polar surface area (TPSA) is 172 Å². The van der Waals surface area contributed by atoms with Crippen LogP contribution in [0.3, 0.4) is 0 Å². The number of carboxylic acid groups (broad SMARTS) is 2. The van der Waals surface area contributed by atoms with Crippen molar-refractivity contribution in [1.29, 1.82) is 0 Å². The van der Waals surface area contributed by atoms with Crippen LogP contribution in [0.5, 0.6) is 0 Å². The van der Waals surface area contributed by atoms with Crippen molar-refractivity contribution in [3.05, 3.63) is 11.3 Å². The van der Waals surface area contributed by atoms with Crippen LogP contribution in [0.1, 0.15) is 13.3 Å². The molecule has 1 fully saturated rings. The molecule has 3 aliphatic heterocycles. The van der Waals surface area contributed by atoms with Crippen LogP contribution >= 0.6 is 11.8 Å². The van der Waals surface area contributed by atoms with Crippen LogP contribution in [-0.2, 0) is 23.9 Å². The lowest BCUT2D eigenvalue weighted by Gasteiger charge is -2.59.